The van der Waals surface area contributed by atoms with Gasteiger partial charge in [-0.3, -0.25) is 4.79 Å². The van der Waals surface area contributed by atoms with Crippen molar-refractivity contribution in [2.24, 2.45) is 0 Å². The lowest BCUT2D eigenvalue weighted by Gasteiger charge is -2.16. The van der Waals surface area contributed by atoms with Crippen LogP contribution in [0.15, 0.2) is 69.9 Å². The monoisotopic (exact) mass is 351 g/mol. The van der Waals surface area contributed by atoms with Crippen LogP contribution in [0.2, 0.25) is 0 Å². The summed E-state index contributed by atoms with van der Waals surface area (Å²) >= 11 is 0. The molecule has 2 aromatic carbocycles. The zero-order chi connectivity index (χ0) is 18.4. The number of aliphatic hydroxyl groups is 1. The van der Waals surface area contributed by atoms with Crippen LogP contribution in [0.5, 0.6) is 0 Å². The van der Waals surface area contributed by atoms with Gasteiger partial charge in [-0.05, 0) is 36.5 Å². The third-order valence-electron chi connectivity index (χ3n) is 4.41. The molecule has 0 spiro atoms. The molecule has 0 aliphatic carbocycles. The van der Waals surface area contributed by atoms with Gasteiger partial charge in [-0.2, -0.15) is 0 Å². The second kappa shape index (κ2) is 8.45. The topological polar surface area (TPSA) is 79.5 Å². The van der Waals surface area contributed by atoms with Crippen molar-refractivity contribution >= 4 is 16.9 Å². The number of amides is 1. The first-order valence-electron chi connectivity index (χ1n) is 8.66. The van der Waals surface area contributed by atoms with E-state index in [1.54, 1.807) is 24.3 Å². The largest absolute Gasteiger partial charge is 0.422 e. The molecule has 1 unspecified atom stereocenters. The van der Waals surface area contributed by atoms with Crippen LogP contribution in [-0.2, 0) is 0 Å². The minimum atomic E-state index is -0.642. The van der Waals surface area contributed by atoms with Gasteiger partial charge >= 0.3 is 5.63 Å². The molecular formula is C21H21NO4. The Morgan fingerprint density at radius 3 is 2.54 bits per heavy atom. The molecule has 3 rings (SSSR count). The van der Waals surface area contributed by atoms with Crippen molar-refractivity contribution in [3.8, 4) is 0 Å². The SMILES string of the molecule is O=C(NCCC(CCO)c1ccccc1)c1cc2ccccc2oc1=O. The summed E-state index contributed by atoms with van der Waals surface area (Å²) in [6.07, 6.45) is 1.30. The Morgan fingerprint density at radius 2 is 1.77 bits per heavy atom. The minimum absolute atomic E-state index is 0.00196. The molecule has 0 aliphatic heterocycles. The van der Waals surface area contributed by atoms with Crippen LogP contribution >= 0.6 is 0 Å². The van der Waals surface area contributed by atoms with Gasteiger partial charge in [0.25, 0.3) is 5.91 Å². The molecule has 26 heavy (non-hydrogen) atoms. The van der Waals surface area contributed by atoms with E-state index in [1.807, 2.05) is 36.4 Å². The third-order valence-corrected chi connectivity index (χ3v) is 4.41. The molecule has 5 nitrogen and oxygen atoms in total. The average Bonchev–Trinajstić information content (AvgIpc) is 2.67. The van der Waals surface area contributed by atoms with E-state index in [4.69, 9.17) is 4.42 Å². The van der Waals surface area contributed by atoms with Crippen LogP contribution in [0.1, 0.15) is 34.7 Å². The molecule has 1 atom stereocenters. The number of para-hydroxylation sites is 1. The van der Waals surface area contributed by atoms with Gasteiger partial charge in [0.2, 0.25) is 0 Å². The van der Waals surface area contributed by atoms with Crippen molar-refractivity contribution < 1.29 is 14.3 Å². The quantitative estimate of drug-likeness (QED) is 0.641. The van der Waals surface area contributed by atoms with Crippen LogP contribution in [0, 0.1) is 0 Å². The number of hydrogen-bond acceptors (Lipinski definition) is 4. The summed E-state index contributed by atoms with van der Waals surface area (Å²) in [5.41, 5.74) is 0.945. The number of aliphatic hydroxyl groups excluding tert-OH is 1. The molecule has 0 bridgehead atoms. The summed E-state index contributed by atoms with van der Waals surface area (Å²) in [4.78, 5) is 24.4. The first-order valence-corrected chi connectivity index (χ1v) is 8.66. The van der Waals surface area contributed by atoms with Crippen molar-refractivity contribution in [3.05, 3.63) is 82.2 Å². The Balaban J connectivity index is 1.66. The number of carbonyl (C=O) groups excluding carboxylic acids is 1. The van der Waals surface area contributed by atoms with E-state index in [0.717, 1.165) is 5.56 Å². The summed E-state index contributed by atoms with van der Waals surface area (Å²) in [7, 11) is 0. The van der Waals surface area contributed by atoms with E-state index in [9.17, 15) is 14.7 Å². The highest BCUT2D eigenvalue weighted by Crippen LogP contribution is 2.22. The minimum Gasteiger partial charge on any atom is -0.422 e. The van der Waals surface area contributed by atoms with Gasteiger partial charge in [-0.25, -0.2) is 4.79 Å². The average molecular weight is 351 g/mol. The number of carbonyl (C=O) groups is 1. The highest BCUT2D eigenvalue weighted by molar-refractivity contribution is 5.96. The standard InChI is InChI=1S/C21H21NO4/c23-13-11-16(15-6-2-1-3-7-15)10-12-22-20(24)18-14-17-8-4-5-9-19(17)26-21(18)25/h1-9,14,16,23H,10-13H2,(H,22,24). The first-order chi connectivity index (χ1) is 12.7. The van der Waals surface area contributed by atoms with E-state index in [0.29, 0.717) is 30.4 Å². The summed E-state index contributed by atoms with van der Waals surface area (Å²) in [5.74, 6) is -0.296. The summed E-state index contributed by atoms with van der Waals surface area (Å²) in [5, 5.41) is 12.8. The molecule has 5 heteroatoms. The van der Waals surface area contributed by atoms with Crippen molar-refractivity contribution in [2.75, 3.05) is 13.2 Å². The van der Waals surface area contributed by atoms with Crippen molar-refractivity contribution in [3.63, 3.8) is 0 Å². The fourth-order valence-corrected chi connectivity index (χ4v) is 3.03. The Bertz CT molecular complexity index is 933. The highest BCUT2D eigenvalue weighted by atomic mass is 16.4. The summed E-state index contributed by atoms with van der Waals surface area (Å²) < 4.78 is 5.20. The Kier molecular flexibility index (Phi) is 5.81. The van der Waals surface area contributed by atoms with Gasteiger partial charge in [0.1, 0.15) is 11.1 Å². The maximum Gasteiger partial charge on any atom is 0.349 e. The summed E-state index contributed by atoms with van der Waals surface area (Å²) in [6.45, 7) is 0.492. The molecule has 2 N–H and O–H groups in total. The number of nitrogens with one attached hydrogen (secondary N) is 1. The summed E-state index contributed by atoms with van der Waals surface area (Å²) in [6, 6.07) is 18.5. The fraction of sp³-hybridized carbons (Fsp3) is 0.238. The van der Waals surface area contributed by atoms with Crippen LogP contribution in [-0.4, -0.2) is 24.2 Å². The number of benzene rings is 2. The molecule has 0 aliphatic rings. The van der Waals surface area contributed by atoms with E-state index < -0.39 is 11.5 Å². The predicted molar refractivity (Wildman–Crippen MR) is 100 cm³/mol. The van der Waals surface area contributed by atoms with Gasteiger partial charge < -0.3 is 14.8 Å². The lowest BCUT2D eigenvalue weighted by Crippen LogP contribution is -2.29. The van der Waals surface area contributed by atoms with Crippen molar-refractivity contribution in [2.45, 2.75) is 18.8 Å². The molecule has 1 heterocycles. The van der Waals surface area contributed by atoms with Gasteiger partial charge in [0.15, 0.2) is 0 Å². The number of fused-ring (bicyclic) bond motifs is 1. The second-order valence-corrected chi connectivity index (χ2v) is 6.15. The van der Waals surface area contributed by atoms with E-state index in [-0.39, 0.29) is 18.1 Å². The second-order valence-electron chi connectivity index (χ2n) is 6.15. The van der Waals surface area contributed by atoms with E-state index in [2.05, 4.69) is 5.32 Å². The molecule has 0 saturated heterocycles. The predicted octanol–water partition coefficient (Wildman–Crippen LogP) is 3.08. The Morgan fingerprint density at radius 1 is 1.04 bits per heavy atom. The molecule has 3 aromatic rings. The van der Waals surface area contributed by atoms with E-state index in [1.165, 1.54) is 0 Å². The van der Waals surface area contributed by atoms with Crippen LogP contribution in [0.3, 0.4) is 0 Å². The normalized spacial score (nSPS) is 12.0. The molecule has 134 valence electrons. The highest BCUT2D eigenvalue weighted by Gasteiger charge is 2.15. The molecule has 0 radical (unpaired) electrons. The Labute approximate surface area is 151 Å². The van der Waals surface area contributed by atoms with Gasteiger partial charge in [0, 0.05) is 18.5 Å². The lowest BCUT2D eigenvalue weighted by molar-refractivity contribution is 0.0948. The van der Waals surface area contributed by atoms with Crippen LogP contribution in [0.4, 0.5) is 0 Å². The zero-order valence-electron chi connectivity index (χ0n) is 14.4. The van der Waals surface area contributed by atoms with Gasteiger partial charge in [-0.1, -0.05) is 48.5 Å². The third kappa shape index (κ3) is 4.18. The molecule has 0 saturated carbocycles. The van der Waals surface area contributed by atoms with Crippen molar-refractivity contribution in [1.29, 1.82) is 0 Å². The maximum atomic E-state index is 12.4. The number of hydrogen-bond donors (Lipinski definition) is 2. The zero-order valence-corrected chi connectivity index (χ0v) is 14.4. The lowest BCUT2D eigenvalue weighted by atomic mass is 9.93. The molecule has 1 aromatic heterocycles. The molecule has 1 amide bonds. The van der Waals surface area contributed by atoms with Crippen molar-refractivity contribution in [1.82, 2.24) is 5.32 Å². The van der Waals surface area contributed by atoms with Gasteiger partial charge in [0.05, 0.1) is 0 Å². The molecular weight excluding hydrogens is 330 g/mol. The van der Waals surface area contributed by atoms with Crippen LogP contribution in [0.25, 0.3) is 11.0 Å². The van der Waals surface area contributed by atoms with E-state index >= 15 is 0 Å². The fourth-order valence-electron chi connectivity index (χ4n) is 3.03. The first kappa shape index (κ1) is 17.9. The van der Waals surface area contributed by atoms with Gasteiger partial charge in [-0.15, -0.1) is 0 Å². The van der Waals surface area contributed by atoms with Crippen LogP contribution < -0.4 is 10.9 Å². The molecule has 0 fully saturated rings. The maximum absolute atomic E-state index is 12.4. The number of rotatable bonds is 7. The Hall–Kier alpha value is -2.92. The smallest absolute Gasteiger partial charge is 0.349 e.